The Kier molecular flexibility index (Phi) is 11.3. The van der Waals surface area contributed by atoms with E-state index in [1.165, 1.54) is 43.0 Å². The smallest absolute Gasteiger partial charge is 0.339 e. The lowest BCUT2D eigenvalue weighted by Crippen LogP contribution is -2.53. The molecule has 2 aromatic heterocycles. The molecule has 0 atom stereocenters. The highest BCUT2D eigenvalue weighted by molar-refractivity contribution is 6.33. The van der Waals surface area contributed by atoms with E-state index in [1.807, 2.05) is 0 Å². The van der Waals surface area contributed by atoms with E-state index in [-0.39, 0.29) is 44.9 Å². The first kappa shape index (κ1) is 36.4. The lowest BCUT2D eigenvalue weighted by molar-refractivity contribution is 0.0227. The van der Waals surface area contributed by atoms with Gasteiger partial charge in [-0.2, -0.15) is 0 Å². The van der Waals surface area contributed by atoms with E-state index in [1.54, 1.807) is 44.2 Å². The van der Waals surface area contributed by atoms with Crippen LogP contribution in [-0.4, -0.2) is 46.2 Å². The van der Waals surface area contributed by atoms with Crippen LogP contribution in [0.15, 0.2) is 87.8 Å². The first-order valence-corrected chi connectivity index (χ1v) is 17.9. The number of amides is 1. The van der Waals surface area contributed by atoms with Crippen molar-refractivity contribution in [2.45, 2.75) is 70.4 Å². The molecule has 3 aromatic carbocycles. The molecular formula is C40H40Cl2FN3O5. The van der Waals surface area contributed by atoms with Crippen molar-refractivity contribution in [3.63, 3.8) is 0 Å². The lowest BCUT2D eigenvalue weighted by Gasteiger charge is -2.50. The summed E-state index contributed by atoms with van der Waals surface area (Å²) < 4.78 is 25.2. The van der Waals surface area contributed by atoms with Crippen LogP contribution in [0.25, 0.3) is 22.6 Å². The first-order valence-electron chi connectivity index (χ1n) is 17.2. The number of rotatable bonds is 7. The van der Waals surface area contributed by atoms with E-state index in [4.69, 9.17) is 37.2 Å². The molecule has 1 saturated heterocycles. The minimum Gasteiger partial charge on any atom is -0.478 e. The van der Waals surface area contributed by atoms with Crippen molar-refractivity contribution >= 4 is 35.1 Å². The van der Waals surface area contributed by atoms with E-state index < -0.39 is 11.8 Å². The topological polar surface area (TPSA) is 109 Å². The second kappa shape index (κ2) is 15.8. The number of benzene rings is 3. The van der Waals surface area contributed by atoms with Gasteiger partial charge in [-0.15, -0.1) is 0 Å². The summed E-state index contributed by atoms with van der Waals surface area (Å²) in [4.78, 5) is 26.9. The number of hydrogen-bond acceptors (Lipinski definition) is 6. The van der Waals surface area contributed by atoms with Gasteiger partial charge in [-0.05, 0) is 113 Å². The van der Waals surface area contributed by atoms with Crippen LogP contribution < -0.4 is 5.32 Å². The fourth-order valence-electron chi connectivity index (χ4n) is 7.34. The monoisotopic (exact) mass is 731 g/mol. The van der Waals surface area contributed by atoms with E-state index in [2.05, 4.69) is 45.7 Å². The predicted molar refractivity (Wildman–Crippen MR) is 196 cm³/mol. The quantitative estimate of drug-likeness (QED) is 0.171. The Morgan fingerprint density at radius 1 is 0.922 bits per heavy atom. The van der Waals surface area contributed by atoms with E-state index in [0.29, 0.717) is 22.3 Å². The SMILES string of the molecule is Cc1oc(-c2ccc(Cl)cc2)cc1C(=O)O.Cc1onc(-c2c(F)cccc2Cl)c1C(=O)NC1CCC(c2ccccc2)(N2CCCCC2)CC1. The van der Waals surface area contributed by atoms with Crippen molar-refractivity contribution in [2.75, 3.05) is 13.1 Å². The standard InChI is InChI=1S/C28H31ClFN3O2.C12H9ClO3/c1-19-24(26(32-35-19)25-22(29)11-8-12-23(25)30)27(34)31-21-13-15-28(16-14-21,20-9-4-2-5-10-20)33-17-6-3-7-18-33;1-7-10(12(14)15)6-11(16-7)8-2-4-9(13)5-3-8/h2,4-5,8-12,21H,3,6-7,13-18H2,1H3,(H,31,34);2-6H,1H3,(H,14,15). The fraction of sp³-hybridized carbons (Fsp3) is 0.325. The zero-order chi connectivity index (χ0) is 36.1. The number of carboxylic acid groups (broad SMARTS) is 1. The highest BCUT2D eigenvalue weighted by Gasteiger charge is 2.42. The first-order chi connectivity index (χ1) is 24.6. The van der Waals surface area contributed by atoms with Crippen molar-refractivity contribution in [3.8, 4) is 22.6 Å². The molecule has 1 saturated carbocycles. The summed E-state index contributed by atoms with van der Waals surface area (Å²) in [6.07, 6.45) is 7.49. The number of nitrogens with zero attached hydrogens (tertiary/aromatic N) is 2. The third kappa shape index (κ3) is 7.91. The van der Waals surface area contributed by atoms with E-state index in [9.17, 15) is 14.0 Å². The zero-order valence-electron chi connectivity index (χ0n) is 28.6. The number of aromatic carboxylic acids is 1. The van der Waals surface area contributed by atoms with Crippen molar-refractivity contribution in [1.29, 1.82) is 0 Å². The van der Waals surface area contributed by atoms with Gasteiger partial charge in [0.15, 0.2) is 0 Å². The number of carbonyl (C=O) groups excluding carboxylic acids is 1. The number of piperidine rings is 1. The molecule has 51 heavy (non-hydrogen) atoms. The molecule has 0 radical (unpaired) electrons. The van der Waals surface area contributed by atoms with Crippen molar-refractivity contribution in [3.05, 3.63) is 123 Å². The minimum absolute atomic E-state index is 0.0157. The summed E-state index contributed by atoms with van der Waals surface area (Å²) in [6, 6.07) is 23.8. The Hall–Kier alpha value is -4.44. The van der Waals surface area contributed by atoms with Gasteiger partial charge in [0.05, 0.1) is 10.6 Å². The molecule has 0 spiro atoms. The summed E-state index contributed by atoms with van der Waals surface area (Å²) in [7, 11) is 0. The Bertz CT molecular complexity index is 1960. The maximum absolute atomic E-state index is 14.6. The number of likely N-dealkylation sites (tertiary alicyclic amines) is 1. The van der Waals surface area contributed by atoms with Crippen molar-refractivity contribution < 1.29 is 28.0 Å². The van der Waals surface area contributed by atoms with Gasteiger partial charge < -0.3 is 19.4 Å². The van der Waals surface area contributed by atoms with Gasteiger partial charge in [-0.1, -0.05) is 71.2 Å². The van der Waals surface area contributed by atoms with Gasteiger partial charge in [0.2, 0.25) is 0 Å². The Morgan fingerprint density at radius 2 is 1.61 bits per heavy atom. The van der Waals surface area contributed by atoms with Gasteiger partial charge in [-0.3, -0.25) is 9.69 Å². The van der Waals surface area contributed by atoms with Gasteiger partial charge in [0, 0.05) is 22.2 Å². The molecule has 2 fully saturated rings. The molecule has 1 aliphatic carbocycles. The highest BCUT2D eigenvalue weighted by Crippen LogP contribution is 2.44. The molecule has 1 amide bonds. The molecule has 7 rings (SSSR count). The largest absolute Gasteiger partial charge is 0.478 e. The Labute approximate surface area is 306 Å². The Morgan fingerprint density at radius 3 is 2.24 bits per heavy atom. The fourth-order valence-corrected chi connectivity index (χ4v) is 7.72. The van der Waals surface area contributed by atoms with Gasteiger partial charge in [0.25, 0.3) is 5.91 Å². The van der Waals surface area contributed by atoms with Crippen LogP contribution in [-0.2, 0) is 5.54 Å². The maximum Gasteiger partial charge on any atom is 0.339 e. The molecule has 0 unspecified atom stereocenters. The third-order valence-electron chi connectivity index (χ3n) is 9.99. The summed E-state index contributed by atoms with van der Waals surface area (Å²) in [5.74, 6) is -0.537. The van der Waals surface area contributed by atoms with Crippen LogP contribution in [0.4, 0.5) is 4.39 Å². The highest BCUT2D eigenvalue weighted by atomic mass is 35.5. The van der Waals surface area contributed by atoms with Crippen LogP contribution >= 0.6 is 23.2 Å². The number of hydrogen-bond donors (Lipinski definition) is 2. The number of nitrogens with one attached hydrogen (secondary N) is 1. The molecule has 2 N–H and O–H groups in total. The Balaban J connectivity index is 0.000000234. The molecule has 5 aromatic rings. The van der Waals surface area contributed by atoms with Crippen LogP contribution in [0.5, 0.6) is 0 Å². The average molecular weight is 733 g/mol. The molecule has 266 valence electrons. The number of halogens is 3. The summed E-state index contributed by atoms with van der Waals surface area (Å²) in [5.41, 5.74) is 2.86. The molecule has 8 nitrogen and oxygen atoms in total. The molecule has 3 heterocycles. The number of aryl methyl sites for hydroxylation is 2. The molecule has 1 aliphatic heterocycles. The van der Waals surface area contributed by atoms with Gasteiger partial charge in [0.1, 0.15) is 39.9 Å². The van der Waals surface area contributed by atoms with Gasteiger partial charge >= 0.3 is 5.97 Å². The second-order valence-corrected chi connectivity index (χ2v) is 14.0. The number of carbonyl (C=O) groups is 2. The maximum atomic E-state index is 14.6. The molecule has 0 bridgehead atoms. The third-order valence-corrected chi connectivity index (χ3v) is 10.6. The zero-order valence-corrected chi connectivity index (χ0v) is 30.1. The average Bonchev–Trinajstić information content (AvgIpc) is 3.72. The lowest BCUT2D eigenvalue weighted by atomic mass is 9.73. The van der Waals surface area contributed by atoms with Gasteiger partial charge in [-0.25, -0.2) is 9.18 Å². The minimum atomic E-state index is -0.985. The van der Waals surface area contributed by atoms with Crippen LogP contribution in [0.2, 0.25) is 10.0 Å². The normalized spacial score (nSPS) is 19.2. The van der Waals surface area contributed by atoms with Crippen molar-refractivity contribution in [2.24, 2.45) is 0 Å². The van der Waals surface area contributed by atoms with Crippen molar-refractivity contribution in [1.82, 2.24) is 15.4 Å². The second-order valence-electron chi connectivity index (χ2n) is 13.1. The number of carboxylic acids is 1. The summed E-state index contributed by atoms with van der Waals surface area (Å²) in [5, 5.41) is 16.9. The van der Waals surface area contributed by atoms with Crippen LogP contribution in [0, 0.1) is 19.7 Å². The number of furan rings is 1. The van der Waals surface area contributed by atoms with E-state index >= 15 is 0 Å². The van der Waals surface area contributed by atoms with Crippen LogP contribution in [0.3, 0.4) is 0 Å². The molecule has 2 aliphatic rings. The predicted octanol–water partition coefficient (Wildman–Crippen LogP) is 10.1. The molecular weight excluding hydrogens is 692 g/mol. The molecule has 11 heteroatoms. The summed E-state index contributed by atoms with van der Waals surface area (Å²) >= 11 is 12.0. The summed E-state index contributed by atoms with van der Waals surface area (Å²) in [6.45, 7) is 5.54. The van der Waals surface area contributed by atoms with E-state index in [0.717, 1.165) is 44.3 Å². The number of aromatic nitrogens is 1. The van der Waals surface area contributed by atoms with Crippen LogP contribution in [0.1, 0.15) is 82.7 Å².